The van der Waals surface area contributed by atoms with Crippen LogP contribution >= 0.6 is 0 Å². The Morgan fingerprint density at radius 3 is 1.73 bits per heavy atom. The third kappa shape index (κ3) is 4.28. The Balaban J connectivity index is 4.05. The molecule has 0 aromatic carbocycles. The van der Waals surface area contributed by atoms with Crippen molar-refractivity contribution in [3.63, 3.8) is 0 Å². The summed E-state index contributed by atoms with van der Waals surface area (Å²) >= 11 is 0. The van der Waals surface area contributed by atoms with Gasteiger partial charge in [0.15, 0.2) is 0 Å². The minimum Gasteiger partial charge on any atom is -0.383 e. The zero-order valence-corrected chi connectivity index (χ0v) is 4.91. The predicted octanol–water partition coefficient (Wildman–Crippen LogP) is 1.86. The van der Waals surface area contributed by atoms with Gasteiger partial charge in [-0.2, -0.15) is 0 Å². The van der Waals surface area contributed by atoms with E-state index < -0.39 is 12.2 Å². The highest BCUT2D eigenvalue weighted by Crippen LogP contribution is 1.88. The molecular weight excluding hydrogens is 156 g/mol. The number of carbonyl (C=O) groups excluding carboxylic acids is 2. The fraction of sp³-hybridized carbons (Fsp3) is 0. The second-order valence-electron chi connectivity index (χ2n) is 1.01. The third-order valence-electron chi connectivity index (χ3n) is 0.427. The van der Waals surface area contributed by atoms with Crippen LogP contribution in [0.1, 0.15) is 0 Å². The van der Waals surface area contributed by atoms with Crippen molar-refractivity contribution in [1.29, 1.82) is 0 Å². The molecule has 0 heterocycles. The van der Waals surface area contributed by atoms with Crippen LogP contribution < -0.4 is 0 Å². The number of nitrogens with zero attached hydrogens (tertiary/aromatic N) is 6. The van der Waals surface area contributed by atoms with Crippen LogP contribution in [-0.4, -0.2) is 12.2 Å². The molecule has 0 aliphatic heterocycles. The lowest BCUT2D eigenvalue weighted by atomic mass is 11.1. The van der Waals surface area contributed by atoms with E-state index in [0.29, 0.717) is 0 Å². The van der Waals surface area contributed by atoms with Crippen LogP contribution in [0.3, 0.4) is 0 Å². The van der Waals surface area contributed by atoms with Gasteiger partial charge in [-0.25, -0.2) is 9.59 Å². The fourth-order valence-electron chi connectivity index (χ4n) is 0.189. The first-order valence-electron chi connectivity index (χ1n) is 2.06. The van der Waals surface area contributed by atoms with Crippen molar-refractivity contribution in [3.05, 3.63) is 20.9 Å². The van der Waals surface area contributed by atoms with Gasteiger partial charge in [0, 0.05) is 20.1 Å². The Labute approximate surface area is 58.8 Å². The number of azide groups is 2. The van der Waals surface area contributed by atoms with E-state index in [-0.39, 0.29) is 0 Å². The van der Waals surface area contributed by atoms with Crippen LogP contribution in [-0.2, 0) is 4.74 Å². The maximum absolute atomic E-state index is 10.1. The van der Waals surface area contributed by atoms with Gasteiger partial charge in [-0.05, 0) is 11.1 Å². The molecule has 0 rings (SSSR count). The van der Waals surface area contributed by atoms with Crippen LogP contribution in [0.5, 0.6) is 0 Å². The molecule has 0 aromatic rings. The van der Waals surface area contributed by atoms with E-state index in [1.165, 1.54) is 0 Å². The number of amides is 2. The van der Waals surface area contributed by atoms with Gasteiger partial charge >= 0.3 is 12.2 Å². The van der Waals surface area contributed by atoms with Crippen molar-refractivity contribution in [2.45, 2.75) is 0 Å². The number of rotatable bonds is 0. The second-order valence-corrected chi connectivity index (χ2v) is 1.01. The van der Waals surface area contributed by atoms with Crippen LogP contribution in [0, 0.1) is 0 Å². The summed E-state index contributed by atoms with van der Waals surface area (Å²) in [6, 6.07) is 0. The van der Waals surface area contributed by atoms with E-state index in [1.54, 1.807) is 0 Å². The molecule has 0 saturated heterocycles. The lowest BCUT2D eigenvalue weighted by Crippen LogP contribution is -2.01. The number of ether oxygens (including phenoxy) is 1. The standard InChI is InChI=1S/C2N6O3/c3-7-5-1(9)11-2(10)6-8-4. The summed E-state index contributed by atoms with van der Waals surface area (Å²) in [4.78, 5) is 24.2. The van der Waals surface area contributed by atoms with Crippen molar-refractivity contribution in [2.75, 3.05) is 0 Å². The number of carbonyl (C=O) groups is 2. The average molecular weight is 156 g/mol. The second kappa shape index (κ2) is 4.62. The summed E-state index contributed by atoms with van der Waals surface area (Å²) in [5, 5.41) is 4.72. The Morgan fingerprint density at radius 1 is 1.09 bits per heavy atom. The summed E-state index contributed by atoms with van der Waals surface area (Å²) in [6.07, 6.45) is -2.94. The van der Waals surface area contributed by atoms with Crippen LogP contribution in [0.2, 0.25) is 0 Å². The SMILES string of the molecule is [N-]=[N+]=NC(=O)OC(=O)N=[N+]=[N-]. The van der Waals surface area contributed by atoms with Crippen molar-refractivity contribution in [3.8, 4) is 0 Å². The molecule has 0 aromatic heterocycles. The van der Waals surface area contributed by atoms with E-state index in [9.17, 15) is 9.59 Å². The maximum atomic E-state index is 10.1. The fourth-order valence-corrected chi connectivity index (χ4v) is 0.189. The molecule has 0 unspecified atom stereocenters. The molecule has 9 heteroatoms. The number of hydrogen-bond donors (Lipinski definition) is 0. The third-order valence-corrected chi connectivity index (χ3v) is 0.427. The van der Waals surface area contributed by atoms with Gasteiger partial charge in [0.2, 0.25) is 0 Å². The molecule has 0 N–H and O–H groups in total. The minimum absolute atomic E-state index is 1.47. The van der Waals surface area contributed by atoms with E-state index in [0.717, 1.165) is 0 Å². The monoisotopic (exact) mass is 156 g/mol. The highest BCUT2D eigenvalue weighted by atomic mass is 16.6. The van der Waals surface area contributed by atoms with Crippen molar-refractivity contribution < 1.29 is 14.3 Å². The highest BCUT2D eigenvalue weighted by molar-refractivity contribution is 5.84. The van der Waals surface area contributed by atoms with Gasteiger partial charge in [0.25, 0.3) is 0 Å². The molecule has 11 heavy (non-hydrogen) atoms. The lowest BCUT2D eigenvalue weighted by molar-refractivity contribution is 0.164. The van der Waals surface area contributed by atoms with Crippen LogP contribution in [0.25, 0.3) is 20.9 Å². The van der Waals surface area contributed by atoms with Crippen molar-refractivity contribution >= 4 is 12.2 Å². The molecule has 56 valence electrons. The molecule has 0 saturated carbocycles. The molecule has 0 radical (unpaired) electrons. The Morgan fingerprint density at radius 2 is 1.45 bits per heavy atom. The van der Waals surface area contributed by atoms with E-state index >= 15 is 0 Å². The normalized spacial score (nSPS) is 6.91. The first kappa shape index (κ1) is 8.76. The van der Waals surface area contributed by atoms with Gasteiger partial charge in [-0.3, -0.25) is 0 Å². The van der Waals surface area contributed by atoms with Crippen molar-refractivity contribution in [2.24, 2.45) is 10.2 Å². The number of hydrogen-bond acceptors (Lipinski definition) is 3. The molecular formula is C2N6O3. The zero-order valence-electron chi connectivity index (χ0n) is 4.91. The molecule has 0 bridgehead atoms. The molecule has 0 spiro atoms. The van der Waals surface area contributed by atoms with E-state index in [2.05, 4.69) is 15.0 Å². The molecule has 2 amide bonds. The Hall–Kier alpha value is -2.24. The topological polar surface area (TPSA) is 141 Å². The minimum atomic E-state index is -1.47. The average Bonchev–Trinajstić information content (AvgIpc) is 1.87. The Kier molecular flexibility index (Phi) is 3.68. The lowest BCUT2D eigenvalue weighted by Gasteiger charge is -1.87. The van der Waals surface area contributed by atoms with E-state index in [1.807, 2.05) is 9.82 Å². The van der Waals surface area contributed by atoms with Crippen LogP contribution in [0.15, 0.2) is 10.2 Å². The smallest absolute Gasteiger partial charge is 0.383 e. The van der Waals surface area contributed by atoms with Gasteiger partial charge in [-0.1, -0.05) is 0 Å². The first-order valence-corrected chi connectivity index (χ1v) is 2.06. The summed E-state index contributed by atoms with van der Waals surface area (Å²) < 4.78 is 3.61. The van der Waals surface area contributed by atoms with Gasteiger partial charge in [0.05, 0.1) is 0 Å². The summed E-state index contributed by atoms with van der Waals surface area (Å²) in [7, 11) is 0. The Bertz CT molecular complexity index is 242. The van der Waals surface area contributed by atoms with Crippen LogP contribution in [0.4, 0.5) is 9.59 Å². The summed E-state index contributed by atoms with van der Waals surface area (Å²) in [5.41, 5.74) is 15.2. The largest absolute Gasteiger partial charge is 0.404 e. The quantitative estimate of drug-likeness (QED) is 0.228. The molecule has 9 nitrogen and oxygen atoms in total. The summed E-state index contributed by atoms with van der Waals surface area (Å²) in [5.74, 6) is 0. The summed E-state index contributed by atoms with van der Waals surface area (Å²) in [6.45, 7) is 0. The zero-order chi connectivity index (χ0) is 8.69. The molecule has 0 atom stereocenters. The van der Waals surface area contributed by atoms with Gasteiger partial charge in [-0.15, -0.1) is 0 Å². The van der Waals surface area contributed by atoms with E-state index in [4.69, 9.17) is 11.1 Å². The highest BCUT2D eigenvalue weighted by Gasteiger charge is 2.04. The predicted molar refractivity (Wildman–Crippen MR) is 30.2 cm³/mol. The van der Waals surface area contributed by atoms with Gasteiger partial charge in [0.1, 0.15) is 0 Å². The molecule has 0 aliphatic carbocycles. The van der Waals surface area contributed by atoms with Crippen molar-refractivity contribution in [1.82, 2.24) is 0 Å². The molecule has 0 aliphatic rings. The first-order chi connectivity index (χ1) is 5.20. The molecule has 0 fully saturated rings. The maximum Gasteiger partial charge on any atom is 0.404 e. The van der Waals surface area contributed by atoms with Gasteiger partial charge < -0.3 is 4.74 Å².